The molecule has 1 amide bonds. The fourth-order valence-electron chi connectivity index (χ4n) is 3.04. The van der Waals surface area contributed by atoms with Crippen molar-refractivity contribution in [3.8, 4) is 0 Å². The first kappa shape index (κ1) is 11.9. The van der Waals surface area contributed by atoms with E-state index in [-0.39, 0.29) is 0 Å². The summed E-state index contributed by atoms with van der Waals surface area (Å²) in [7, 11) is 0. The molecule has 3 nitrogen and oxygen atoms in total. The van der Waals surface area contributed by atoms with Gasteiger partial charge >= 0.3 is 0 Å². The highest BCUT2D eigenvalue weighted by atomic mass is 16.2. The van der Waals surface area contributed by atoms with Crippen molar-refractivity contribution in [2.75, 3.05) is 19.6 Å². The van der Waals surface area contributed by atoms with Gasteiger partial charge in [-0.2, -0.15) is 0 Å². The van der Waals surface area contributed by atoms with Crippen LogP contribution in [0.1, 0.15) is 44.9 Å². The van der Waals surface area contributed by atoms with Crippen LogP contribution in [0.2, 0.25) is 0 Å². The summed E-state index contributed by atoms with van der Waals surface area (Å²) in [6.45, 7) is 2.54. The number of carbonyl (C=O) groups is 1. The van der Waals surface area contributed by atoms with Gasteiger partial charge in [-0.05, 0) is 24.8 Å². The summed E-state index contributed by atoms with van der Waals surface area (Å²) in [5, 5.41) is 0. The fraction of sp³-hybridized carbons (Fsp3) is 0.923. The maximum atomic E-state index is 11.7. The average molecular weight is 224 g/mol. The van der Waals surface area contributed by atoms with Crippen molar-refractivity contribution in [3.63, 3.8) is 0 Å². The zero-order valence-electron chi connectivity index (χ0n) is 10.2. The van der Waals surface area contributed by atoms with Crippen molar-refractivity contribution in [2.24, 2.45) is 17.6 Å². The van der Waals surface area contributed by atoms with Gasteiger partial charge in [-0.25, -0.2) is 0 Å². The second-order valence-electron chi connectivity index (χ2n) is 5.44. The number of hydrogen-bond donors (Lipinski definition) is 1. The minimum Gasteiger partial charge on any atom is -0.342 e. The number of carbonyl (C=O) groups excluding carboxylic acids is 1. The Morgan fingerprint density at radius 1 is 1.19 bits per heavy atom. The molecule has 0 aromatic heterocycles. The van der Waals surface area contributed by atoms with Crippen LogP contribution in [0.15, 0.2) is 0 Å². The van der Waals surface area contributed by atoms with Gasteiger partial charge in [0.2, 0.25) is 5.91 Å². The predicted molar refractivity (Wildman–Crippen MR) is 64.9 cm³/mol. The number of hydrogen-bond acceptors (Lipinski definition) is 2. The van der Waals surface area contributed by atoms with Crippen molar-refractivity contribution in [3.05, 3.63) is 0 Å². The molecule has 1 saturated heterocycles. The summed E-state index contributed by atoms with van der Waals surface area (Å²) in [4.78, 5) is 13.7. The van der Waals surface area contributed by atoms with Crippen LogP contribution in [0.5, 0.6) is 0 Å². The van der Waals surface area contributed by atoms with E-state index in [1.54, 1.807) is 0 Å². The quantitative estimate of drug-likeness (QED) is 0.791. The maximum absolute atomic E-state index is 11.7. The first-order chi connectivity index (χ1) is 7.79. The molecule has 2 N–H and O–H groups in total. The van der Waals surface area contributed by atoms with Gasteiger partial charge in [0.25, 0.3) is 0 Å². The van der Waals surface area contributed by atoms with E-state index < -0.39 is 0 Å². The van der Waals surface area contributed by atoms with Crippen LogP contribution < -0.4 is 5.73 Å². The van der Waals surface area contributed by atoms with Crippen LogP contribution in [0, 0.1) is 11.8 Å². The number of nitrogens with zero attached hydrogens (tertiary/aromatic N) is 1. The molecule has 16 heavy (non-hydrogen) atoms. The normalized spacial score (nSPS) is 27.7. The summed E-state index contributed by atoms with van der Waals surface area (Å²) >= 11 is 0. The Morgan fingerprint density at radius 2 is 1.94 bits per heavy atom. The van der Waals surface area contributed by atoms with Crippen LogP contribution in [0.3, 0.4) is 0 Å². The monoisotopic (exact) mass is 224 g/mol. The van der Waals surface area contributed by atoms with E-state index in [0.717, 1.165) is 19.0 Å². The molecule has 1 saturated carbocycles. The molecule has 2 fully saturated rings. The molecular weight excluding hydrogens is 200 g/mol. The highest BCUT2D eigenvalue weighted by Crippen LogP contribution is 2.27. The molecule has 0 radical (unpaired) electrons. The number of likely N-dealkylation sites (tertiary alicyclic amines) is 1. The Hall–Kier alpha value is -0.570. The van der Waals surface area contributed by atoms with E-state index in [1.807, 2.05) is 4.90 Å². The maximum Gasteiger partial charge on any atom is 0.222 e. The van der Waals surface area contributed by atoms with Gasteiger partial charge in [0, 0.05) is 19.5 Å². The highest BCUT2D eigenvalue weighted by Gasteiger charge is 2.28. The molecule has 1 unspecified atom stereocenters. The summed E-state index contributed by atoms with van der Waals surface area (Å²) in [5.74, 6) is 1.61. The lowest BCUT2D eigenvalue weighted by Crippen LogP contribution is -2.29. The number of nitrogens with two attached hydrogens (primary N) is 1. The lowest BCUT2D eigenvalue weighted by molar-refractivity contribution is -0.127. The molecule has 92 valence electrons. The molecule has 2 aliphatic rings. The van der Waals surface area contributed by atoms with E-state index in [4.69, 9.17) is 5.73 Å². The number of rotatable bonds is 4. The van der Waals surface area contributed by atoms with E-state index in [9.17, 15) is 4.79 Å². The molecule has 0 aromatic rings. The summed E-state index contributed by atoms with van der Waals surface area (Å²) in [6, 6.07) is 0. The summed E-state index contributed by atoms with van der Waals surface area (Å²) in [6.07, 6.45) is 8.84. The Labute approximate surface area is 98.4 Å². The summed E-state index contributed by atoms with van der Waals surface area (Å²) < 4.78 is 0. The van der Waals surface area contributed by atoms with Crippen LogP contribution in [0.4, 0.5) is 0 Å². The standard InChI is InChI=1S/C13H24N2O/c14-9-12-8-13(16)15(10-12)7-6-11-4-2-1-3-5-11/h11-12H,1-10,14H2. The van der Waals surface area contributed by atoms with Crippen molar-refractivity contribution < 1.29 is 4.79 Å². The Morgan fingerprint density at radius 3 is 2.56 bits per heavy atom. The van der Waals surface area contributed by atoms with Gasteiger partial charge in [0.1, 0.15) is 0 Å². The third-order valence-corrected chi connectivity index (χ3v) is 4.16. The van der Waals surface area contributed by atoms with Gasteiger partial charge in [-0.15, -0.1) is 0 Å². The van der Waals surface area contributed by atoms with Crippen LogP contribution in [-0.2, 0) is 4.79 Å². The van der Waals surface area contributed by atoms with Gasteiger partial charge in [0.15, 0.2) is 0 Å². The van der Waals surface area contributed by atoms with E-state index >= 15 is 0 Å². The van der Waals surface area contributed by atoms with Gasteiger partial charge in [0.05, 0.1) is 0 Å². The summed E-state index contributed by atoms with van der Waals surface area (Å²) in [5.41, 5.74) is 5.62. The van der Waals surface area contributed by atoms with Gasteiger partial charge in [-0.1, -0.05) is 32.1 Å². The molecule has 3 heteroatoms. The average Bonchev–Trinajstić information content (AvgIpc) is 2.69. The number of amides is 1. The lowest BCUT2D eigenvalue weighted by Gasteiger charge is -2.24. The molecule has 2 rings (SSSR count). The molecule has 0 aromatic carbocycles. The Balaban J connectivity index is 1.71. The minimum absolute atomic E-state index is 0.325. The highest BCUT2D eigenvalue weighted by molar-refractivity contribution is 5.78. The molecular formula is C13H24N2O. The second kappa shape index (κ2) is 5.67. The fourth-order valence-corrected chi connectivity index (χ4v) is 3.04. The SMILES string of the molecule is NCC1CC(=O)N(CCC2CCCCC2)C1. The topological polar surface area (TPSA) is 46.3 Å². The molecule has 1 aliphatic heterocycles. The zero-order chi connectivity index (χ0) is 11.4. The molecule has 0 spiro atoms. The van der Waals surface area contributed by atoms with Crippen LogP contribution >= 0.6 is 0 Å². The van der Waals surface area contributed by atoms with E-state index in [2.05, 4.69) is 0 Å². The largest absolute Gasteiger partial charge is 0.342 e. The Bertz CT molecular complexity index is 236. The van der Waals surface area contributed by atoms with Gasteiger partial charge < -0.3 is 10.6 Å². The first-order valence-corrected chi connectivity index (χ1v) is 6.77. The van der Waals surface area contributed by atoms with Crippen molar-refractivity contribution in [1.82, 2.24) is 4.90 Å². The van der Waals surface area contributed by atoms with E-state index in [0.29, 0.717) is 24.8 Å². The molecule has 0 bridgehead atoms. The minimum atomic E-state index is 0.325. The van der Waals surface area contributed by atoms with Crippen molar-refractivity contribution in [1.29, 1.82) is 0 Å². The Kier molecular flexibility index (Phi) is 4.22. The van der Waals surface area contributed by atoms with Crippen LogP contribution in [0.25, 0.3) is 0 Å². The lowest BCUT2D eigenvalue weighted by atomic mass is 9.87. The third-order valence-electron chi connectivity index (χ3n) is 4.16. The van der Waals surface area contributed by atoms with E-state index in [1.165, 1.54) is 38.5 Å². The predicted octanol–water partition coefficient (Wildman–Crippen LogP) is 1.76. The van der Waals surface area contributed by atoms with Gasteiger partial charge in [-0.3, -0.25) is 4.79 Å². The zero-order valence-corrected chi connectivity index (χ0v) is 10.2. The second-order valence-corrected chi connectivity index (χ2v) is 5.44. The third kappa shape index (κ3) is 2.97. The van der Waals surface area contributed by atoms with Crippen molar-refractivity contribution in [2.45, 2.75) is 44.9 Å². The molecule has 1 aliphatic carbocycles. The van der Waals surface area contributed by atoms with Crippen molar-refractivity contribution >= 4 is 5.91 Å². The molecule has 1 atom stereocenters. The smallest absolute Gasteiger partial charge is 0.222 e. The molecule has 1 heterocycles. The van der Waals surface area contributed by atoms with Crippen LogP contribution in [-0.4, -0.2) is 30.4 Å². The first-order valence-electron chi connectivity index (χ1n) is 6.77.